The molecule has 1 aliphatic heterocycles. The SMILES string of the molecule is O=C(Nc1onc2c1CCCC2)c1cccnc1O[C@H]1CCOC1. The van der Waals surface area contributed by atoms with Gasteiger partial charge in [-0.3, -0.25) is 10.1 Å². The van der Waals surface area contributed by atoms with Gasteiger partial charge in [-0.25, -0.2) is 4.98 Å². The van der Waals surface area contributed by atoms with Crippen LogP contribution in [0.25, 0.3) is 0 Å². The summed E-state index contributed by atoms with van der Waals surface area (Å²) in [6.45, 7) is 1.19. The molecule has 0 spiro atoms. The van der Waals surface area contributed by atoms with Gasteiger partial charge in [0.1, 0.15) is 11.7 Å². The molecule has 126 valence electrons. The van der Waals surface area contributed by atoms with E-state index in [1.54, 1.807) is 18.3 Å². The van der Waals surface area contributed by atoms with Crippen LogP contribution in [0, 0.1) is 0 Å². The molecule has 0 radical (unpaired) electrons. The van der Waals surface area contributed by atoms with E-state index in [1.807, 2.05) is 0 Å². The average Bonchev–Trinajstić information content (AvgIpc) is 3.26. The van der Waals surface area contributed by atoms with Crippen LogP contribution >= 0.6 is 0 Å². The van der Waals surface area contributed by atoms with Gasteiger partial charge in [0.2, 0.25) is 11.8 Å². The summed E-state index contributed by atoms with van der Waals surface area (Å²) in [5.74, 6) is 0.453. The summed E-state index contributed by atoms with van der Waals surface area (Å²) < 4.78 is 16.4. The minimum atomic E-state index is -0.304. The van der Waals surface area contributed by atoms with Crippen LogP contribution in [0.4, 0.5) is 5.88 Å². The second-order valence-electron chi connectivity index (χ2n) is 6.06. The average molecular weight is 329 g/mol. The first kappa shape index (κ1) is 15.1. The highest BCUT2D eigenvalue weighted by molar-refractivity contribution is 6.05. The van der Waals surface area contributed by atoms with E-state index in [2.05, 4.69) is 15.5 Å². The van der Waals surface area contributed by atoms with Crippen molar-refractivity contribution in [3.05, 3.63) is 35.2 Å². The van der Waals surface area contributed by atoms with Gasteiger partial charge in [0.25, 0.3) is 5.91 Å². The minimum Gasteiger partial charge on any atom is -0.471 e. The smallest absolute Gasteiger partial charge is 0.263 e. The van der Waals surface area contributed by atoms with Crippen molar-refractivity contribution in [1.82, 2.24) is 10.1 Å². The zero-order valence-electron chi connectivity index (χ0n) is 13.3. The Morgan fingerprint density at radius 3 is 3.12 bits per heavy atom. The van der Waals surface area contributed by atoms with Gasteiger partial charge in [-0.15, -0.1) is 0 Å². The maximum absolute atomic E-state index is 12.6. The molecular weight excluding hydrogens is 310 g/mol. The van der Waals surface area contributed by atoms with Gasteiger partial charge in [-0.2, -0.15) is 0 Å². The van der Waals surface area contributed by atoms with Gasteiger partial charge in [-0.1, -0.05) is 5.16 Å². The van der Waals surface area contributed by atoms with E-state index in [-0.39, 0.29) is 12.0 Å². The lowest BCUT2D eigenvalue weighted by atomic mass is 9.98. The third-order valence-electron chi connectivity index (χ3n) is 4.37. The van der Waals surface area contributed by atoms with Crippen molar-refractivity contribution in [1.29, 1.82) is 0 Å². The Labute approximate surface area is 139 Å². The van der Waals surface area contributed by atoms with Crippen LogP contribution in [0.3, 0.4) is 0 Å². The number of hydrogen-bond donors (Lipinski definition) is 1. The third kappa shape index (κ3) is 2.99. The quantitative estimate of drug-likeness (QED) is 0.927. The van der Waals surface area contributed by atoms with Crippen molar-refractivity contribution in [2.45, 2.75) is 38.2 Å². The van der Waals surface area contributed by atoms with Gasteiger partial charge < -0.3 is 14.0 Å². The Morgan fingerprint density at radius 1 is 1.33 bits per heavy atom. The summed E-state index contributed by atoms with van der Waals surface area (Å²) >= 11 is 0. The fourth-order valence-corrected chi connectivity index (χ4v) is 3.08. The zero-order valence-corrected chi connectivity index (χ0v) is 13.3. The Morgan fingerprint density at radius 2 is 2.25 bits per heavy atom. The highest BCUT2D eigenvalue weighted by atomic mass is 16.5. The van der Waals surface area contributed by atoms with Crippen molar-refractivity contribution in [2.24, 2.45) is 0 Å². The minimum absolute atomic E-state index is 0.0653. The molecule has 2 aromatic rings. The van der Waals surface area contributed by atoms with E-state index in [4.69, 9.17) is 14.0 Å². The maximum atomic E-state index is 12.6. The highest BCUT2D eigenvalue weighted by Crippen LogP contribution is 2.28. The lowest BCUT2D eigenvalue weighted by Gasteiger charge is -2.14. The number of nitrogens with zero attached hydrogens (tertiary/aromatic N) is 2. The standard InChI is InChI=1S/C17H19N3O4/c21-15(19-17-12-4-1-2-6-14(12)20-24-17)13-5-3-8-18-16(13)23-11-7-9-22-10-11/h3,5,8,11H,1-2,4,6-7,9-10H2,(H,19,21)/t11-/m0/s1. The van der Waals surface area contributed by atoms with Gasteiger partial charge in [0.15, 0.2) is 0 Å². The predicted molar refractivity (Wildman–Crippen MR) is 85.2 cm³/mol. The number of pyridine rings is 1. The number of amides is 1. The molecular formula is C17H19N3O4. The van der Waals surface area contributed by atoms with Crippen LogP contribution in [0.5, 0.6) is 5.88 Å². The molecule has 1 aliphatic carbocycles. The van der Waals surface area contributed by atoms with E-state index in [0.29, 0.717) is 30.5 Å². The number of fused-ring (bicyclic) bond motifs is 1. The van der Waals surface area contributed by atoms with Crippen molar-refractivity contribution in [2.75, 3.05) is 18.5 Å². The van der Waals surface area contributed by atoms with Gasteiger partial charge in [-0.05, 0) is 37.8 Å². The summed E-state index contributed by atoms with van der Waals surface area (Å²) in [6, 6.07) is 3.40. The number of hydrogen-bond acceptors (Lipinski definition) is 6. The summed E-state index contributed by atoms with van der Waals surface area (Å²) in [4.78, 5) is 16.8. The third-order valence-corrected chi connectivity index (χ3v) is 4.37. The summed E-state index contributed by atoms with van der Waals surface area (Å²) in [5.41, 5.74) is 2.33. The largest absolute Gasteiger partial charge is 0.471 e. The van der Waals surface area contributed by atoms with Crippen LogP contribution in [0.15, 0.2) is 22.9 Å². The second-order valence-corrected chi connectivity index (χ2v) is 6.06. The number of nitrogens with one attached hydrogen (secondary N) is 1. The van der Waals surface area contributed by atoms with E-state index in [9.17, 15) is 4.79 Å². The molecule has 2 aromatic heterocycles. The maximum Gasteiger partial charge on any atom is 0.263 e. The first-order chi connectivity index (χ1) is 11.8. The molecule has 7 heteroatoms. The topological polar surface area (TPSA) is 86.5 Å². The molecule has 1 saturated heterocycles. The zero-order chi connectivity index (χ0) is 16.4. The molecule has 2 aliphatic rings. The molecule has 1 atom stereocenters. The summed E-state index contributed by atoms with van der Waals surface area (Å²) in [5, 5.41) is 6.87. The van der Waals surface area contributed by atoms with Crippen molar-refractivity contribution in [3.8, 4) is 5.88 Å². The van der Waals surface area contributed by atoms with E-state index >= 15 is 0 Å². The lowest BCUT2D eigenvalue weighted by Crippen LogP contribution is -2.20. The molecule has 0 aromatic carbocycles. The van der Waals surface area contributed by atoms with E-state index in [1.165, 1.54) is 0 Å². The Hall–Kier alpha value is -2.41. The highest BCUT2D eigenvalue weighted by Gasteiger charge is 2.24. The first-order valence-corrected chi connectivity index (χ1v) is 8.29. The van der Waals surface area contributed by atoms with Gasteiger partial charge in [0, 0.05) is 18.2 Å². The molecule has 1 amide bonds. The molecule has 1 fully saturated rings. The first-order valence-electron chi connectivity index (χ1n) is 8.29. The molecule has 4 rings (SSSR count). The molecule has 1 N–H and O–H groups in total. The van der Waals surface area contributed by atoms with Crippen LogP contribution in [-0.2, 0) is 17.6 Å². The lowest BCUT2D eigenvalue weighted by molar-refractivity contribution is 0.100. The number of carbonyl (C=O) groups excluding carboxylic acids is 1. The molecule has 0 bridgehead atoms. The normalized spacial score (nSPS) is 19.8. The Bertz CT molecular complexity index is 737. The van der Waals surface area contributed by atoms with Crippen LogP contribution in [0.1, 0.15) is 40.9 Å². The Kier molecular flexibility index (Phi) is 4.17. The molecule has 24 heavy (non-hydrogen) atoms. The number of aryl methyl sites for hydroxylation is 1. The number of carbonyl (C=O) groups is 1. The van der Waals surface area contributed by atoms with Crippen molar-refractivity contribution in [3.63, 3.8) is 0 Å². The Balaban J connectivity index is 1.53. The number of aromatic nitrogens is 2. The molecule has 0 unspecified atom stereocenters. The number of rotatable bonds is 4. The van der Waals surface area contributed by atoms with Gasteiger partial charge >= 0.3 is 0 Å². The summed E-state index contributed by atoms with van der Waals surface area (Å²) in [7, 11) is 0. The summed E-state index contributed by atoms with van der Waals surface area (Å²) in [6.07, 6.45) is 6.31. The van der Waals surface area contributed by atoms with E-state index < -0.39 is 0 Å². The predicted octanol–water partition coefficient (Wildman–Crippen LogP) is 2.37. The van der Waals surface area contributed by atoms with Crippen LogP contribution < -0.4 is 10.1 Å². The second kappa shape index (κ2) is 6.60. The fourth-order valence-electron chi connectivity index (χ4n) is 3.08. The fraction of sp³-hybridized carbons (Fsp3) is 0.471. The van der Waals surface area contributed by atoms with Gasteiger partial charge in [0.05, 0.1) is 18.9 Å². The molecule has 0 saturated carbocycles. The van der Waals surface area contributed by atoms with Crippen molar-refractivity contribution >= 4 is 11.8 Å². The number of ether oxygens (including phenoxy) is 2. The van der Waals surface area contributed by atoms with Crippen LogP contribution in [-0.4, -0.2) is 35.4 Å². The van der Waals surface area contributed by atoms with Crippen LogP contribution in [0.2, 0.25) is 0 Å². The molecule has 7 nitrogen and oxygen atoms in total. The molecule has 3 heterocycles. The monoisotopic (exact) mass is 329 g/mol. The van der Waals surface area contributed by atoms with E-state index in [0.717, 1.165) is 43.4 Å². The number of anilines is 1. The van der Waals surface area contributed by atoms with Crippen molar-refractivity contribution < 1.29 is 18.8 Å².